The van der Waals surface area contributed by atoms with Crippen LogP contribution in [0, 0.1) is 24.0 Å². The maximum Gasteiger partial charge on any atom is 0.273 e. The summed E-state index contributed by atoms with van der Waals surface area (Å²) in [4.78, 5) is 47.3. The van der Waals surface area contributed by atoms with Crippen molar-refractivity contribution in [1.82, 2.24) is 10.6 Å². The summed E-state index contributed by atoms with van der Waals surface area (Å²) < 4.78 is 0. The number of nitrogens with zero attached hydrogens (tertiary/aromatic N) is 1. The molecule has 0 heterocycles. The molecule has 0 bridgehead atoms. The van der Waals surface area contributed by atoms with Crippen molar-refractivity contribution in [3.8, 4) is 0 Å². The molecule has 0 aliphatic heterocycles. The van der Waals surface area contributed by atoms with Crippen molar-refractivity contribution in [2.75, 3.05) is 18.4 Å². The summed E-state index contributed by atoms with van der Waals surface area (Å²) in [7, 11) is 0. The maximum atomic E-state index is 12.3. The molecule has 3 aromatic carbocycles. The van der Waals surface area contributed by atoms with E-state index in [9.17, 15) is 24.5 Å². The topological polar surface area (TPSA) is 130 Å². The molecule has 0 unspecified atom stereocenters. The van der Waals surface area contributed by atoms with Crippen molar-refractivity contribution in [3.63, 3.8) is 0 Å². The Morgan fingerprint density at radius 1 is 0.735 bits per heavy atom. The van der Waals surface area contributed by atoms with Crippen LogP contribution >= 0.6 is 0 Å². The van der Waals surface area contributed by atoms with Crippen molar-refractivity contribution in [2.24, 2.45) is 0 Å². The standard InChI is InChI=1S/C25H24N4O5/c1-16-3-6-19(7-4-16)25(32)28-21-11-9-18(10-12-21)23(30)26-13-14-27-24(31)20-8-5-17(2)22(15-20)29(33)34/h3-12,15H,13-14H2,1-2H3,(H,26,30)(H,27,31)(H,28,32). The molecule has 3 rings (SSSR count). The fourth-order valence-corrected chi connectivity index (χ4v) is 3.12. The van der Waals surface area contributed by atoms with E-state index in [1.807, 2.05) is 19.1 Å². The molecule has 0 aliphatic carbocycles. The van der Waals surface area contributed by atoms with Gasteiger partial charge in [0.05, 0.1) is 4.92 Å². The third-order valence-electron chi connectivity index (χ3n) is 5.08. The smallest absolute Gasteiger partial charge is 0.273 e. The second-order valence-corrected chi connectivity index (χ2v) is 7.67. The van der Waals surface area contributed by atoms with Crippen molar-refractivity contribution >= 4 is 29.1 Å². The van der Waals surface area contributed by atoms with E-state index in [4.69, 9.17) is 0 Å². The van der Waals surface area contributed by atoms with Gasteiger partial charge in [-0.05, 0) is 56.3 Å². The van der Waals surface area contributed by atoms with E-state index >= 15 is 0 Å². The number of carbonyl (C=O) groups is 3. The minimum atomic E-state index is -0.536. The molecule has 0 saturated carbocycles. The lowest BCUT2D eigenvalue weighted by atomic mass is 10.1. The number of carbonyl (C=O) groups excluding carboxylic acids is 3. The molecule has 0 aromatic heterocycles. The normalized spacial score (nSPS) is 10.3. The lowest BCUT2D eigenvalue weighted by Gasteiger charge is -2.09. The zero-order valence-electron chi connectivity index (χ0n) is 18.8. The van der Waals surface area contributed by atoms with Gasteiger partial charge >= 0.3 is 0 Å². The zero-order valence-corrected chi connectivity index (χ0v) is 18.8. The average molecular weight is 460 g/mol. The average Bonchev–Trinajstić information content (AvgIpc) is 2.82. The van der Waals surface area contributed by atoms with Gasteiger partial charge in [-0.2, -0.15) is 0 Å². The monoisotopic (exact) mass is 460 g/mol. The van der Waals surface area contributed by atoms with E-state index in [0.717, 1.165) is 5.56 Å². The quantitative estimate of drug-likeness (QED) is 0.268. The van der Waals surface area contributed by atoms with Gasteiger partial charge < -0.3 is 16.0 Å². The number of rotatable bonds is 8. The Kier molecular flexibility index (Phi) is 7.71. The van der Waals surface area contributed by atoms with Gasteiger partial charge in [-0.1, -0.05) is 23.8 Å². The van der Waals surface area contributed by atoms with Crippen LogP contribution in [0.4, 0.5) is 11.4 Å². The van der Waals surface area contributed by atoms with E-state index in [0.29, 0.717) is 22.4 Å². The number of nitro benzene ring substituents is 1. The first kappa shape index (κ1) is 24.1. The number of hydrogen-bond donors (Lipinski definition) is 3. The molecule has 0 fully saturated rings. The van der Waals surface area contributed by atoms with Gasteiger partial charge in [-0.15, -0.1) is 0 Å². The largest absolute Gasteiger partial charge is 0.350 e. The Balaban J connectivity index is 1.46. The number of benzene rings is 3. The summed E-state index contributed by atoms with van der Waals surface area (Å²) in [5.41, 5.74) is 3.07. The first-order valence-corrected chi connectivity index (χ1v) is 10.5. The second-order valence-electron chi connectivity index (χ2n) is 7.67. The summed E-state index contributed by atoms with van der Waals surface area (Å²) in [6.45, 7) is 3.86. The zero-order chi connectivity index (χ0) is 24.7. The fourth-order valence-electron chi connectivity index (χ4n) is 3.12. The van der Waals surface area contributed by atoms with Gasteiger partial charge in [0.25, 0.3) is 23.4 Å². The Labute approximate surface area is 196 Å². The number of nitrogens with one attached hydrogen (secondary N) is 3. The molecule has 0 radical (unpaired) electrons. The Hall–Kier alpha value is -4.53. The predicted octanol–water partition coefficient (Wildman–Crippen LogP) is 3.62. The first-order chi connectivity index (χ1) is 16.2. The van der Waals surface area contributed by atoms with Gasteiger partial charge in [-0.3, -0.25) is 24.5 Å². The summed E-state index contributed by atoms with van der Waals surface area (Å²) in [5.74, 6) is -1.05. The molecule has 3 amide bonds. The highest BCUT2D eigenvalue weighted by Crippen LogP contribution is 2.19. The Morgan fingerprint density at radius 3 is 1.82 bits per heavy atom. The van der Waals surface area contributed by atoms with Crippen LogP contribution in [-0.4, -0.2) is 35.7 Å². The molecule has 0 aliphatic rings. The Morgan fingerprint density at radius 2 is 1.24 bits per heavy atom. The number of nitro groups is 1. The number of aryl methyl sites for hydroxylation is 2. The third kappa shape index (κ3) is 6.26. The molecule has 174 valence electrons. The highest BCUT2D eigenvalue weighted by atomic mass is 16.6. The molecular weight excluding hydrogens is 436 g/mol. The first-order valence-electron chi connectivity index (χ1n) is 10.5. The number of hydrogen-bond acceptors (Lipinski definition) is 5. The van der Waals surface area contributed by atoms with Crippen molar-refractivity contribution < 1.29 is 19.3 Å². The summed E-state index contributed by atoms with van der Waals surface area (Å²) in [6.07, 6.45) is 0. The minimum Gasteiger partial charge on any atom is -0.350 e. The lowest BCUT2D eigenvalue weighted by Crippen LogP contribution is -2.34. The van der Waals surface area contributed by atoms with Crippen LogP contribution in [0.1, 0.15) is 42.2 Å². The van der Waals surface area contributed by atoms with Crippen molar-refractivity contribution in [2.45, 2.75) is 13.8 Å². The Bertz CT molecular complexity index is 1220. The second kappa shape index (κ2) is 10.9. The highest BCUT2D eigenvalue weighted by molar-refractivity contribution is 6.04. The molecule has 34 heavy (non-hydrogen) atoms. The molecular formula is C25H24N4O5. The lowest BCUT2D eigenvalue weighted by molar-refractivity contribution is -0.385. The maximum absolute atomic E-state index is 12.3. The molecule has 9 nitrogen and oxygen atoms in total. The fraction of sp³-hybridized carbons (Fsp3) is 0.160. The number of anilines is 1. The van der Waals surface area contributed by atoms with Crippen molar-refractivity contribution in [3.05, 3.63) is 105 Å². The highest BCUT2D eigenvalue weighted by Gasteiger charge is 2.15. The predicted molar refractivity (Wildman–Crippen MR) is 128 cm³/mol. The van der Waals surface area contributed by atoms with E-state index in [1.165, 1.54) is 18.2 Å². The molecule has 3 aromatic rings. The van der Waals surface area contributed by atoms with Crippen LogP contribution in [-0.2, 0) is 0 Å². The van der Waals surface area contributed by atoms with Crippen LogP contribution in [0.15, 0.2) is 66.7 Å². The molecule has 9 heteroatoms. The van der Waals surface area contributed by atoms with Gasteiger partial charge in [0.2, 0.25) is 0 Å². The van der Waals surface area contributed by atoms with E-state index < -0.39 is 10.8 Å². The SMILES string of the molecule is Cc1ccc(C(=O)Nc2ccc(C(=O)NCCNC(=O)c3ccc(C)c([N+](=O)[O-])c3)cc2)cc1. The van der Waals surface area contributed by atoms with Gasteiger partial charge in [0.1, 0.15) is 0 Å². The molecule has 3 N–H and O–H groups in total. The molecule has 0 atom stereocenters. The van der Waals surface area contributed by atoms with Crippen LogP contribution < -0.4 is 16.0 Å². The van der Waals surface area contributed by atoms with Gasteiger partial charge in [0, 0.05) is 47.1 Å². The van der Waals surface area contributed by atoms with E-state index in [1.54, 1.807) is 43.3 Å². The van der Waals surface area contributed by atoms with Crippen LogP contribution in [0.3, 0.4) is 0 Å². The summed E-state index contributed by atoms with van der Waals surface area (Å²) >= 11 is 0. The van der Waals surface area contributed by atoms with Gasteiger partial charge in [0.15, 0.2) is 0 Å². The van der Waals surface area contributed by atoms with E-state index in [-0.39, 0.29) is 36.2 Å². The van der Waals surface area contributed by atoms with E-state index in [2.05, 4.69) is 16.0 Å². The number of amides is 3. The minimum absolute atomic E-state index is 0.126. The summed E-state index contributed by atoms with van der Waals surface area (Å²) in [6, 6.07) is 17.9. The summed E-state index contributed by atoms with van der Waals surface area (Å²) in [5, 5.41) is 19.1. The van der Waals surface area contributed by atoms with Crippen LogP contribution in [0.2, 0.25) is 0 Å². The molecule has 0 saturated heterocycles. The van der Waals surface area contributed by atoms with Crippen LogP contribution in [0.5, 0.6) is 0 Å². The van der Waals surface area contributed by atoms with Crippen molar-refractivity contribution in [1.29, 1.82) is 0 Å². The third-order valence-corrected chi connectivity index (χ3v) is 5.08. The molecule has 0 spiro atoms. The van der Waals surface area contributed by atoms with Gasteiger partial charge in [-0.25, -0.2) is 0 Å². The van der Waals surface area contributed by atoms with Crippen LogP contribution in [0.25, 0.3) is 0 Å².